The fourth-order valence-corrected chi connectivity index (χ4v) is 1.86. The quantitative estimate of drug-likeness (QED) is 0.365. The average Bonchev–Trinajstić information content (AvgIpc) is 2.54. The third-order valence-corrected chi connectivity index (χ3v) is 2.90. The molecule has 0 saturated heterocycles. The van der Waals surface area contributed by atoms with Gasteiger partial charge in [0.05, 0.1) is 0 Å². The fraction of sp³-hybridized carbons (Fsp3) is 0.111. The summed E-state index contributed by atoms with van der Waals surface area (Å²) in [5.74, 6) is 1.49. The Morgan fingerprint density at radius 1 is 1.00 bits per heavy atom. The highest BCUT2D eigenvalue weighted by atomic mass is 16.5. The highest BCUT2D eigenvalue weighted by molar-refractivity contribution is 6.05. The lowest BCUT2D eigenvalue weighted by molar-refractivity contribution is -0.145. The molecular formula is C18H14O3. The third-order valence-electron chi connectivity index (χ3n) is 2.90. The standard InChI is InChI=1S/C18H14O3/c1-2-17(15-11-7-4-8-12-15)21-18(20)13-16(19)14-9-5-3-6-10-14/h1,3-12,17H,13H2. The molecule has 0 saturated carbocycles. The van der Waals surface area contributed by atoms with Crippen LogP contribution >= 0.6 is 0 Å². The van der Waals surface area contributed by atoms with Gasteiger partial charge in [0.25, 0.3) is 0 Å². The van der Waals surface area contributed by atoms with Crippen LogP contribution in [0.2, 0.25) is 0 Å². The SMILES string of the molecule is C#CC(OC(=O)CC(=O)c1ccccc1)c1ccccc1. The van der Waals surface area contributed by atoms with Crippen LogP contribution in [-0.4, -0.2) is 11.8 Å². The maximum Gasteiger partial charge on any atom is 0.315 e. The van der Waals surface area contributed by atoms with Crippen molar-refractivity contribution >= 4 is 11.8 Å². The summed E-state index contributed by atoms with van der Waals surface area (Å²) < 4.78 is 5.18. The number of carbonyl (C=O) groups excluding carboxylic acids is 2. The van der Waals surface area contributed by atoms with Crippen molar-refractivity contribution < 1.29 is 14.3 Å². The first kappa shape index (κ1) is 14.5. The molecule has 1 atom stereocenters. The Morgan fingerprint density at radius 3 is 2.14 bits per heavy atom. The zero-order valence-electron chi connectivity index (χ0n) is 11.4. The molecule has 0 amide bonds. The highest BCUT2D eigenvalue weighted by Crippen LogP contribution is 2.17. The van der Waals surface area contributed by atoms with E-state index in [1.54, 1.807) is 42.5 Å². The van der Waals surface area contributed by atoms with Gasteiger partial charge in [0.1, 0.15) is 6.42 Å². The van der Waals surface area contributed by atoms with Crippen molar-refractivity contribution in [1.29, 1.82) is 0 Å². The van der Waals surface area contributed by atoms with Crippen molar-refractivity contribution in [3.8, 4) is 12.3 Å². The van der Waals surface area contributed by atoms with Gasteiger partial charge in [0, 0.05) is 11.1 Å². The monoisotopic (exact) mass is 278 g/mol. The first-order valence-corrected chi connectivity index (χ1v) is 6.49. The van der Waals surface area contributed by atoms with E-state index in [-0.39, 0.29) is 12.2 Å². The average molecular weight is 278 g/mol. The molecule has 21 heavy (non-hydrogen) atoms. The molecule has 0 spiro atoms. The van der Waals surface area contributed by atoms with E-state index in [4.69, 9.17) is 11.2 Å². The summed E-state index contributed by atoms with van der Waals surface area (Å²) in [5, 5.41) is 0. The van der Waals surface area contributed by atoms with Gasteiger partial charge in [0.2, 0.25) is 0 Å². The Kier molecular flexibility index (Phi) is 4.89. The summed E-state index contributed by atoms with van der Waals surface area (Å²) in [6, 6.07) is 17.6. The van der Waals surface area contributed by atoms with Gasteiger partial charge in [-0.25, -0.2) is 0 Å². The van der Waals surface area contributed by atoms with Crippen LogP contribution in [0.3, 0.4) is 0 Å². The lowest BCUT2D eigenvalue weighted by atomic mass is 10.1. The highest BCUT2D eigenvalue weighted by Gasteiger charge is 2.17. The Labute approximate surface area is 123 Å². The van der Waals surface area contributed by atoms with E-state index in [1.165, 1.54) is 0 Å². The second kappa shape index (κ2) is 7.06. The molecule has 0 aliphatic carbocycles. The normalized spacial score (nSPS) is 11.2. The van der Waals surface area contributed by atoms with Gasteiger partial charge in [0.15, 0.2) is 11.9 Å². The van der Waals surface area contributed by atoms with E-state index in [2.05, 4.69) is 5.92 Å². The predicted molar refractivity (Wildman–Crippen MR) is 79.5 cm³/mol. The largest absolute Gasteiger partial charge is 0.444 e. The topological polar surface area (TPSA) is 43.4 Å². The van der Waals surface area contributed by atoms with E-state index in [0.717, 1.165) is 0 Å². The number of rotatable bonds is 5. The third kappa shape index (κ3) is 4.05. The van der Waals surface area contributed by atoms with E-state index in [9.17, 15) is 9.59 Å². The number of terminal acetylenes is 1. The van der Waals surface area contributed by atoms with Gasteiger partial charge >= 0.3 is 5.97 Å². The van der Waals surface area contributed by atoms with Crippen LogP contribution in [0.4, 0.5) is 0 Å². The fourth-order valence-electron chi connectivity index (χ4n) is 1.86. The summed E-state index contributed by atoms with van der Waals surface area (Å²) >= 11 is 0. The van der Waals surface area contributed by atoms with Crippen LogP contribution in [0.15, 0.2) is 60.7 Å². The molecule has 0 aliphatic rings. The van der Waals surface area contributed by atoms with Crippen molar-refractivity contribution in [2.24, 2.45) is 0 Å². The Bertz CT molecular complexity index is 654. The van der Waals surface area contributed by atoms with Crippen molar-refractivity contribution in [2.45, 2.75) is 12.5 Å². The summed E-state index contributed by atoms with van der Waals surface area (Å²) in [6.07, 6.45) is 4.28. The maximum absolute atomic E-state index is 11.9. The number of Topliss-reactive ketones (excluding diaryl/α,β-unsaturated/α-hetero) is 1. The van der Waals surface area contributed by atoms with Crippen LogP contribution in [0.5, 0.6) is 0 Å². The first-order chi connectivity index (χ1) is 10.2. The molecule has 0 radical (unpaired) electrons. The molecule has 0 fully saturated rings. The number of carbonyl (C=O) groups is 2. The van der Waals surface area contributed by atoms with Crippen LogP contribution < -0.4 is 0 Å². The van der Waals surface area contributed by atoms with E-state index < -0.39 is 12.1 Å². The molecule has 0 N–H and O–H groups in total. The van der Waals surface area contributed by atoms with Gasteiger partial charge in [-0.2, -0.15) is 0 Å². The van der Waals surface area contributed by atoms with Crippen molar-refractivity contribution in [2.75, 3.05) is 0 Å². The minimum Gasteiger partial charge on any atom is -0.444 e. The number of ether oxygens (including phenoxy) is 1. The molecule has 1 unspecified atom stereocenters. The van der Waals surface area contributed by atoms with E-state index in [0.29, 0.717) is 11.1 Å². The van der Waals surface area contributed by atoms with Crippen LogP contribution in [0, 0.1) is 12.3 Å². The summed E-state index contributed by atoms with van der Waals surface area (Å²) in [6.45, 7) is 0. The molecule has 0 heterocycles. The molecule has 104 valence electrons. The summed E-state index contributed by atoms with van der Waals surface area (Å²) in [5.41, 5.74) is 1.19. The number of benzene rings is 2. The number of esters is 1. The molecule has 0 aliphatic heterocycles. The number of ketones is 1. The Morgan fingerprint density at radius 2 is 1.57 bits per heavy atom. The maximum atomic E-state index is 11.9. The molecule has 2 aromatic carbocycles. The van der Waals surface area contributed by atoms with Crippen LogP contribution in [-0.2, 0) is 9.53 Å². The first-order valence-electron chi connectivity index (χ1n) is 6.49. The molecular weight excluding hydrogens is 264 g/mol. The van der Waals surface area contributed by atoms with Crippen molar-refractivity contribution in [3.05, 3.63) is 71.8 Å². The van der Waals surface area contributed by atoms with Crippen LogP contribution in [0.1, 0.15) is 28.4 Å². The zero-order chi connectivity index (χ0) is 15.1. The molecule has 0 aromatic heterocycles. The molecule has 3 nitrogen and oxygen atoms in total. The second-order valence-corrected chi connectivity index (χ2v) is 4.41. The smallest absolute Gasteiger partial charge is 0.315 e. The van der Waals surface area contributed by atoms with Gasteiger partial charge < -0.3 is 4.74 Å². The second-order valence-electron chi connectivity index (χ2n) is 4.41. The number of hydrogen-bond acceptors (Lipinski definition) is 3. The van der Waals surface area contributed by atoms with Crippen molar-refractivity contribution in [1.82, 2.24) is 0 Å². The Hall–Kier alpha value is -2.86. The van der Waals surface area contributed by atoms with Gasteiger partial charge in [-0.15, -0.1) is 6.42 Å². The molecule has 0 bridgehead atoms. The van der Waals surface area contributed by atoms with E-state index >= 15 is 0 Å². The lowest BCUT2D eigenvalue weighted by Gasteiger charge is -2.12. The van der Waals surface area contributed by atoms with Crippen LogP contribution in [0.25, 0.3) is 0 Å². The van der Waals surface area contributed by atoms with Gasteiger partial charge in [-0.05, 0) is 0 Å². The van der Waals surface area contributed by atoms with E-state index in [1.807, 2.05) is 18.2 Å². The predicted octanol–water partition coefficient (Wildman–Crippen LogP) is 3.18. The lowest BCUT2D eigenvalue weighted by Crippen LogP contribution is -2.14. The molecule has 3 heteroatoms. The molecule has 2 rings (SSSR count). The number of hydrogen-bond donors (Lipinski definition) is 0. The van der Waals surface area contributed by atoms with Crippen molar-refractivity contribution in [3.63, 3.8) is 0 Å². The Balaban J connectivity index is 1.98. The minimum atomic E-state index is -0.776. The molecule has 2 aromatic rings. The zero-order valence-corrected chi connectivity index (χ0v) is 11.4. The minimum absolute atomic E-state index is 0.288. The van der Waals surface area contributed by atoms with Gasteiger partial charge in [-0.3, -0.25) is 9.59 Å². The summed E-state index contributed by atoms with van der Waals surface area (Å²) in [4.78, 5) is 23.7. The summed E-state index contributed by atoms with van der Waals surface area (Å²) in [7, 11) is 0. The van der Waals surface area contributed by atoms with Gasteiger partial charge in [-0.1, -0.05) is 66.6 Å².